The largest absolute Gasteiger partial charge is 0.508 e. The van der Waals surface area contributed by atoms with Gasteiger partial charge in [-0.15, -0.1) is 0 Å². The van der Waals surface area contributed by atoms with Crippen LogP contribution in [0.15, 0.2) is 133 Å². The van der Waals surface area contributed by atoms with Crippen molar-refractivity contribution < 1.29 is 9.84 Å². The van der Waals surface area contributed by atoms with Crippen LogP contribution in [0.4, 0.5) is 0 Å². The number of ether oxygens (including phenoxy) is 1. The molecular weight excluding hydrogens is 440 g/mol. The number of benzene rings is 6. The third-order valence-corrected chi connectivity index (χ3v) is 6.82. The van der Waals surface area contributed by atoms with E-state index in [0.717, 1.165) is 22.4 Å². The molecule has 0 spiro atoms. The summed E-state index contributed by atoms with van der Waals surface area (Å²) < 4.78 is 6.04. The molecule has 174 valence electrons. The van der Waals surface area contributed by atoms with E-state index < -0.39 is 0 Å². The summed E-state index contributed by atoms with van der Waals surface area (Å²) in [5, 5.41) is 15.8. The summed E-state index contributed by atoms with van der Waals surface area (Å²) in [6, 6.07) is 45.4. The van der Waals surface area contributed by atoms with Crippen molar-refractivity contribution in [2.45, 2.75) is 12.5 Å². The molecule has 0 saturated heterocycles. The fourth-order valence-corrected chi connectivity index (χ4v) is 5.08. The van der Waals surface area contributed by atoms with E-state index in [-0.39, 0.29) is 5.92 Å². The van der Waals surface area contributed by atoms with Gasteiger partial charge in [0.1, 0.15) is 18.1 Å². The quantitative estimate of drug-likeness (QED) is 0.197. The summed E-state index contributed by atoms with van der Waals surface area (Å²) in [6.07, 6.45) is 0. The summed E-state index contributed by atoms with van der Waals surface area (Å²) in [5.74, 6) is 0.982. The molecule has 1 atom stereocenters. The summed E-state index contributed by atoms with van der Waals surface area (Å²) >= 11 is 0. The first kappa shape index (κ1) is 21.9. The third kappa shape index (κ3) is 4.18. The zero-order chi connectivity index (χ0) is 24.3. The minimum atomic E-state index is -0.135. The first-order chi connectivity index (χ1) is 17.8. The molecule has 2 heteroatoms. The van der Waals surface area contributed by atoms with Crippen LogP contribution in [-0.2, 0) is 6.61 Å². The van der Waals surface area contributed by atoms with Gasteiger partial charge in [-0.1, -0.05) is 109 Å². The molecular formula is C34H26O2. The molecule has 0 saturated carbocycles. The van der Waals surface area contributed by atoms with E-state index in [1.165, 1.54) is 27.1 Å². The van der Waals surface area contributed by atoms with Crippen LogP contribution in [0.1, 0.15) is 28.2 Å². The maximum atomic E-state index is 10.9. The number of hydrogen-bond donors (Lipinski definition) is 1. The van der Waals surface area contributed by atoms with Crippen molar-refractivity contribution in [3.63, 3.8) is 0 Å². The van der Waals surface area contributed by atoms with Crippen molar-refractivity contribution in [1.82, 2.24) is 0 Å². The maximum Gasteiger partial charge on any atom is 0.119 e. The zero-order valence-corrected chi connectivity index (χ0v) is 19.8. The monoisotopic (exact) mass is 466 g/mol. The standard InChI is InChI=1S/C34H26O2/c35-33-17-9-8-16-31(33)34(25-18-20-27(21-19-25)36-23-24-10-2-1-3-11-24)32-22-26-12-4-5-13-28(26)29-14-6-7-15-30(29)32/h1-22,34-35H,23H2. The molecule has 0 aliphatic carbocycles. The molecule has 1 N–H and O–H groups in total. The predicted octanol–water partition coefficient (Wildman–Crippen LogP) is 8.46. The summed E-state index contributed by atoms with van der Waals surface area (Å²) in [7, 11) is 0. The summed E-state index contributed by atoms with van der Waals surface area (Å²) in [4.78, 5) is 0. The second-order valence-corrected chi connectivity index (χ2v) is 9.07. The van der Waals surface area contributed by atoms with Gasteiger partial charge in [-0.3, -0.25) is 0 Å². The van der Waals surface area contributed by atoms with Crippen LogP contribution in [-0.4, -0.2) is 5.11 Å². The lowest BCUT2D eigenvalue weighted by atomic mass is 9.81. The van der Waals surface area contributed by atoms with E-state index in [9.17, 15) is 5.11 Å². The molecule has 0 fully saturated rings. The second-order valence-electron chi connectivity index (χ2n) is 9.07. The lowest BCUT2D eigenvalue weighted by Crippen LogP contribution is -2.05. The summed E-state index contributed by atoms with van der Waals surface area (Å²) in [5.41, 5.74) is 4.29. The van der Waals surface area contributed by atoms with Crippen LogP contribution in [0.2, 0.25) is 0 Å². The van der Waals surface area contributed by atoms with Gasteiger partial charge in [0.05, 0.1) is 0 Å². The van der Waals surface area contributed by atoms with Crippen LogP contribution >= 0.6 is 0 Å². The van der Waals surface area contributed by atoms with Gasteiger partial charge >= 0.3 is 0 Å². The Bertz CT molecular complexity index is 1640. The Labute approximate surface area is 211 Å². The summed E-state index contributed by atoms with van der Waals surface area (Å²) in [6.45, 7) is 0.526. The first-order valence-electron chi connectivity index (χ1n) is 12.2. The molecule has 0 aliphatic rings. The highest BCUT2D eigenvalue weighted by Gasteiger charge is 2.23. The molecule has 6 aromatic carbocycles. The van der Waals surface area contributed by atoms with Gasteiger partial charge in [0, 0.05) is 11.5 Å². The molecule has 36 heavy (non-hydrogen) atoms. The minimum absolute atomic E-state index is 0.135. The van der Waals surface area contributed by atoms with Crippen molar-refractivity contribution in [2.75, 3.05) is 0 Å². The van der Waals surface area contributed by atoms with Gasteiger partial charge < -0.3 is 9.84 Å². The van der Waals surface area contributed by atoms with Crippen LogP contribution in [0, 0.1) is 0 Å². The molecule has 0 aliphatic heterocycles. The van der Waals surface area contributed by atoms with Gasteiger partial charge in [-0.2, -0.15) is 0 Å². The van der Waals surface area contributed by atoms with Gasteiger partial charge in [0.15, 0.2) is 0 Å². The average molecular weight is 467 g/mol. The fourth-order valence-electron chi connectivity index (χ4n) is 5.08. The molecule has 0 heterocycles. The Hall–Kier alpha value is -4.56. The van der Waals surface area contributed by atoms with Crippen molar-refractivity contribution in [1.29, 1.82) is 0 Å². The highest BCUT2D eigenvalue weighted by atomic mass is 16.5. The lowest BCUT2D eigenvalue weighted by molar-refractivity contribution is 0.306. The van der Waals surface area contributed by atoms with Crippen LogP contribution in [0.25, 0.3) is 21.5 Å². The van der Waals surface area contributed by atoms with Gasteiger partial charge in [-0.25, -0.2) is 0 Å². The van der Waals surface area contributed by atoms with E-state index in [4.69, 9.17) is 4.74 Å². The van der Waals surface area contributed by atoms with Gasteiger partial charge in [0.25, 0.3) is 0 Å². The van der Waals surface area contributed by atoms with Crippen LogP contribution in [0.5, 0.6) is 11.5 Å². The van der Waals surface area contributed by atoms with Crippen molar-refractivity contribution in [2.24, 2.45) is 0 Å². The van der Waals surface area contributed by atoms with E-state index in [0.29, 0.717) is 12.4 Å². The van der Waals surface area contributed by atoms with E-state index in [1.54, 1.807) is 6.07 Å². The van der Waals surface area contributed by atoms with Crippen LogP contribution < -0.4 is 4.74 Å². The normalized spacial score (nSPS) is 12.0. The maximum absolute atomic E-state index is 10.9. The third-order valence-electron chi connectivity index (χ3n) is 6.82. The topological polar surface area (TPSA) is 29.5 Å². The van der Waals surface area contributed by atoms with Crippen molar-refractivity contribution in [3.8, 4) is 11.5 Å². The smallest absolute Gasteiger partial charge is 0.119 e. The Morgan fingerprint density at radius 3 is 1.97 bits per heavy atom. The van der Waals surface area contributed by atoms with E-state index >= 15 is 0 Å². The SMILES string of the molecule is Oc1ccccc1C(c1ccc(OCc2ccccc2)cc1)c1cc2ccccc2c2ccccc12. The molecule has 1 unspecified atom stereocenters. The Morgan fingerprint density at radius 1 is 0.556 bits per heavy atom. The van der Waals surface area contributed by atoms with Crippen LogP contribution in [0.3, 0.4) is 0 Å². The molecule has 0 bridgehead atoms. The Balaban J connectivity index is 1.47. The number of phenolic OH excluding ortho intramolecular Hbond substituents is 1. The molecule has 2 nitrogen and oxygen atoms in total. The molecule has 6 rings (SSSR count). The molecule has 0 aromatic heterocycles. The average Bonchev–Trinajstić information content (AvgIpc) is 2.94. The number of aromatic hydroxyl groups is 1. The number of phenols is 1. The molecule has 0 radical (unpaired) electrons. The Kier molecular flexibility index (Phi) is 5.85. The predicted molar refractivity (Wildman–Crippen MR) is 148 cm³/mol. The number of hydrogen-bond acceptors (Lipinski definition) is 2. The highest BCUT2D eigenvalue weighted by molar-refractivity contribution is 6.09. The Morgan fingerprint density at radius 2 is 1.19 bits per heavy atom. The van der Waals surface area contributed by atoms with Crippen molar-refractivity contribution >= 4 is 21.5 Å². The lowest BCUT2D eigenvalue weighted by Gasteiger charge is -2.23. The number of fused-ring (bicyclic) bond motifs is 3. The van der Waals surface area contributed by atoms with Gasteiger partial charge in [0.2, 0.25) is 0 Å². The van der Waals surface area contributed by atoms with Crippen molar-refractivity contribution in [3.05, 3.63) is 156 Å². The molecule has 0 amide bonds. The van der Waals surface area contributed by atoms with E-state index in [1.807, 2.05) is 48.5 Å². The molecule has 6 aromatic rings. The highest BCUT2D eigenvalue weighted by Crippen LogP contribution is 2.42. The van der Waals surface area contributed by atoms with E-state index in [2.05, 4.69) is 78.9 Å². The number of rotatable bonds is 6. The van der Waals surface area contributed by atoms with Gasteiger partial charge in [-0.05, 0) is 62.5 Å². The number of para-hydroxylation sites is 1. The fraction of sp³-hybridized carbons (Fsp3) is 0.0588. The zero-order valence-electron chi connectivity index (χ0n) is 19.8. The second kappa shape index (κ2) is 9.59. The minimum Gasteiger partial charge on any atom is -0.508 e. The first-order valence-corrected chi connectivity index (χ1v) is 12.2.